The van der Waals surface area contributed by atoms with Crippen LogP contribution in [0.15, 0.2) is 30.3 Å². The van der Waals surface area contributed by atoms with E-state index in [-0.39, 0.29) is 29.8 Å². The number of carboxylic acids is 1. The number of hydrogen-bond acceptors (Lipinski definition) is 4. The van der Waals surface area contributed by atoms with Gasteiger partial charge in [-0.3, -0.25) is 10.0 Å². The molecule has 6 nitrogen and oxygen atoms in total. The summed E-state index contributed by atoms with van der Waals surface area (Å²) in [5, 5.41) is 20.0. The zero-order valence-electron chi connectivity index (χ0n) is 13.4. The monoisotopic (exact) mass is 350 g/mol. The minimum absolute atomic E-state index is 0.0113. The van der Waals surface area contributed by atoms with Gasteiger partial charge in [0.15, 0.2) is 0 Å². The lowest BCUT2D eigenvalue weighted by atomic mass is 10.0. The van der Waals surface area contributed by atoms with E-state index in [2.05, 4.69) is 0 Å². The number of hydrogen-bond donors (Lipinski definition) is 2. The van der Waals surface area contributed by atoms with Gasteiger partial charge < -0.3 is 10.0 Å². The second kappa shape index (κ2) is 7.44. The van der Waals surface area contributed by atoms with Gasteiger partial charge in [0.25, 0.3) is 0 Å². The average Bonchev–Trinajstić information content (AvgIpc) is 3.08. The van der Waals surface area contributed by atoms with Crippen LogP contribution in [0.2, 0.25) is 0 Å². The fourth-order valence-corrected chi connectivity index (χ4v) is 5.15. The highest BCUT2D eigenvalue weighted by molar-refractivity contribution is 8.00. The topological polar surface area (TPSA) is 81.1 Å². The molecule has 3 rings (SSSR count). The highest BCUT2D eigenvalue weighted by atomic mass is 32.2. The van der Waals surface area contributed by atoms with Crippen LogP contribution in [-0.4, -0.2) is 55.4 Å². The number of urea groups is 1. The first-order chi connectivity index (χ1) is 11.6. The quantitative estimate of drug-likeness (QED) is 0.449. The summed E-state index contributed by atoms with van der Waals surface area (Å²) in [5.41, 5.74) is 1.05. The van der Waals surface area contributed by atoms with Gasteiger partial charge in [0.1, 0.15) is 0 Å². The van der Waals surface area contributed by atoms with Gasteiger partial charge >= 0.3 is 12.0 Å². The van der Waals surface area contributed by atoms with Crippen molar-refractivity contribution in [2.75, 3.05) is 5.75 Å². The number of carbonyl (C=O) groups is 2. The molecule has 0 radical (unpaired) electrons. The molecule has 1 aromatic rings. The van der Waals surface area contributed by atoms with E-state index < -0.39 is 5.97 Å². The number of carbonyl (C=O) groups excluding carboxylic acids is 1. The zero-order valence-corrected chi connectivity index (χ0v) is 14.2. The number of rotatable bonds is 7. The van der Waals surface area contributed by atoms with Crippen molar-refractivity contribution in [1.29, 1.82) is 0 Å². The Kier molecular flexibility index (Phi) is 5.30. The zero-order chi connectivity index (χ0) is 17.1. The van der Waals surface area contributed by atoms with Crippen molar-refractivity contribution in [2.45, 2.75) is 49.6 Å². The third-order valence-corrected chi connectivity index (χ3v) is 6.18. The van der Waals surface area contributed by atoms with Gasteiger partial charge in [0, 0.05) is 24.0 Å². The van der Waals surface area contributed by atoms with Crippen molar-refractivity contribution in [3.05, 3.63) is 35.9 Å². The van der Waals surface area contributed by atoms with Crippen LogP contribution in [0.1, 0.15) is 31.2 Å². The van der Waals surface area contributed by atoms with Gasteiger partial charge in [-0.25, -0.2) is 4.79 Å². The molecular formula is C17H22N2O4S. The molecule has 130 valence electrons. The fraction of sp³-hybridized carbons (Fsp3) is 0.529. The molecule has 24 heavy (non-hydrogen) atoms. The van der Waals surface area contributed by atoms with Crippen molar-refractivity contribution in [2.24, 2.45) is 0 Å². The van der Waals surface area contributed by atoms with Gasteiger partial charge in [0.05, 0.1) is 12.1 Å². The van der Waals surface area contributed by atoms with Crippen LogP contribution in [0.25, 0.3) is 0 Å². The van der Waals surface area contributed by atoms with E-state index >= 15 is 0 Å². The lowest BCUT2D eigenvalue weighted by molar-refractivity contribution is -0.137. The molecule has 2 aliphatic heterocycles. The summed E-state index contributed by atoms with van der Waals surface area (Å²) in [7, 11) is 0. The normalized spacial score (nSPS) is 26.0. The van der Waals surface area contributed by atoms with E-state index in [1.807, 2.05) is 30.3 Å². The van der Waals surface area contributed by atoms with Gasteiger partial charge in [-0.1, -0.05) is 36.8 Å². The molecule has 2 fully saturated rings. The second-order valence-electron chi connectivity index (χ2n) is 6.31. The smallest absolute Gasteiger partial charge is 0.344 e. The van der Waals surface area contributed by atoms with Gasteiger partial charge in [0.2, 0.25) is 0 Å². The maximum atomic E-state index is 12.4. The molecular weight excluding hydrogens is 328 g/mol. The number of benzene rings is 1. The second-order valence-corrected chi connectivity index (χ2v) is 7.58. The Morgan fingerprint density at radius 1 is 1.25 bits per heavy atom. The maximum Gasteiger partial charge on any atom is 0.344 e. The molecule has 2 saturated heterocycles. The van der Waals surface area contributed by atoms with Crippen molar-refractivity contribution in [3.8, 4) is 0 Å². The van der Waals surface area contributed by atoms with Crippen LogP contribution in [0.5, 0.6) is 0 Å². The number of aliphatic carboxylic acids is 1. The van der Waals surface area contributed by atoms with E-state index in [9.17, 15) is 14.8 Å². The molecule has 2 N–H and O–H groups in total. The lowest BCUT2D eigenvalue weighted by Crippen LogP contribution is -2.39. The molecule has 0 unspecified atom stereocenters. The van der Waals surface area contributed by atoms with Crippen LogP contribution in [0.4, 0.5) is 4.79 Å². The minimum Gasteiger partial charge on any atom is -0.481 e. The summed E-state index contributed by atoms with van der Waals surface area (Å²) >= 11 is 1.77. The highest BCUT2D eigenvalue weighted by Crippen LogP contribution is 2.41. The minimum atomic E-state index is -0.777. The molecule has 7 heteroatoms. The number of carboxylic acid groups (broad SMARTS) is 1. The Hall–Kier alpha value is -1.73. The first-order valence-corrected chi connectivity index (χ1v) is 9.29. The van der Waals surface area contributed by atoms with Crippen molar-refractivity contribution in [1.82, 2.24) is 9.96 Å². The Morgan fingerprint density at radius 3 is 2.71 bits per heavy atom. The Bertz CT molecular complexity index is 598. The first-order valence-electron chi connectivity index (χ1n) is 8.24. The molecule has 0 aromatic heterocycles. The fourth-order valence-electron chi connectivity index (χ4n) is 3.50. The van der Waals surface area contributed by atoms with Gasteiger partial charge in [-0.2, -0.15) is 16.8 Å². The Morgan fingerprint density at radius 2 is 2.00 bits per heavy atom. The summed E-state index contributed by atoms with van der Waals surface area (Å²) in [5.74, 6) is 0.0324. The SMILES string of the molecule is O=C(O)CCCC[C@H]1SC[C@@H]2[C@H]1N(O)C(=O)N2Cc1ccccc1. The van der Waals surface area contributed by atoms with Gasteiger partial charge in [-0.15, -0.1) is 0 Å². The predicted molar refractivity (Wildman–Crippen MR) is 90.9 cm³/mol. The maximum absolute atomic E-state index is 12.4. The summed E-state index contributed by atoms with van der Waals surface area (Å²) < 4.78 is 0. The van der Waals surface area contributed by atoms with Crippen LogP contribution < -0.4 is 0 Å². The molecule has 1 aromatic carbocycles. The predicted octanol–water partition coefficient (Wildman–Crippen LogP) is 2.81. The number of hydroxylamine groups is 2. The first kappa shape index (κ1) is 17.1. The highest BCUT2D eigenvalue weighted by Gasteiger charge is 2.52. The molecule has 3 atom stereocenters. The largest absolute Gasteiger partial charge is 0.481 e. The summed E-state index contributed by atoms with van der Waals surface area (Å²) in [6.07, 6.45) is 2.43. The number of thioether (sulfide) groups is 1. The van der Waals surface area contributed by atoms with Crippen LogP contribution in [-0.2, 0) is 11.3 Å². The van der Waals surface area contributed by atoms with Crippen molar-refractivity contribution >= 4 is 23.8 Å². The van der Waals surface area contributed by atoms with Crippen LogP contribution in [0.3, 0.4) is 0 Å². The lowest BCUT2D eigenvalue weighted by Gasteiger charge is -2.21. The average molecular weight is 350 g/mol. The van der Waals surface area contributed by atoms with E-state index in [0.717, 1.165) is 29.2 Å². The molecule has 2 aliphatic rings. The number of unbranched alkanes of at least 4 members (excludes halogenated alkanes) is 1. The Balaban J connectivity index is 1.61. The molecule has 0 saturated carbocycles. The van der Waals surface area contributed by atoms with E-state index in [4.69, 9.17) is 5.11 Å². The number of nitrogens with zero attached hydrogens (tertiary/aromatic N) is 2. The van der Waals surface area contributed by atoms with E-state index in [0.29, 0.717) is 13.0 Å². The summed E-state index contributed by atoms with van der Waals surface area (Å²) in [6.45, 7) is 0.504. The van der Waals surface area contributed by atoms with E-state index in [1.54, 1.807) is 16.7 Å². The van der Waals surface area contributed by atoms with Crippen LogP contribution >= 0.6 is 11.8 Å². The Labute approximate surface area is 145 Å². The number of fused-ring (bicyclic) bond motifs is 1. The third-order valence-electron chi connectivity index (χ3n) is 4.71. The van der Waals surface area contributed by atoms with Crippen LogP contribution in [0, 0.1) is 0 Å². The molecule has 2 amide bonds. The molecule has 0 aliphatic carbocycles. The van der Waals surface area contributed by atoms with Crippen molar-refractivity contribution in [3.63, 3.8) is 0 Å². The summed E-state index contributed by atoms with van der Waals surface area (Å²) in [4.78, 5) is 24.7. The number of amides is 2. The van der Waals surface area contributed by atoms with Gasteiger partial charge in [-0.05, 0) is 18.4 Å². The third kappa shape index (κ3) is 3.52. The summed E-state index contributed by atoms with van der Waals surface area (Å²) in [6, 6.07) is 9.27. The molecule has 0 bridgehead atoms. The molecule has 2 heterocycles. The standard InChI is InChI=1S/C17H22N2O4S/c20-15(21)9-5-4-8-14-16-13(11-24-14)18(17(22)19(16)23)10-12-6-2-1-3-7-12/h1-3,6-7,13-14,16,23H,4-5,8-11H2,(H,20,21)/t13-,14-,16-/m1/s1. The van der Waals surface area contributed by atoms with Crippen molar-refractivity contribution < 1.29 is 19.9 Å². The molecule has 0 spiro atoms. The van der Waals surface area contributed by atoms with E-state index in [1.165, 1.54) is 0 Å².